The highest BCUT2D eigenvalue weighted by Gasteiger charge is 2.17. The highest BCUT2D eigenvalue weighted by molar-refractivity contribution is 6.06. The van der Waals surface area contributed by atoms with Crippen LogP contribution in [0.4, 0.5) is 5.69 Å². The van der Waals surface area contributed by atoms with Crippen LogP contribution >= 0.6 is 0 Å². The molecule has 4 aromatic rings. The van der Waals surface area contributed by atoms with Crippen molar-refractivity contribution in [2.24, 2.45) is 5.73 Å². The lowest BCUT2D eigenvalue weighted by molar-refractivity contribution is -0.117. The van der Waals surface area contributed by atoms with Crippen LogP contribution in [0, 0.1) is 0 Å². The molecule has 6 nitrogen and oxygen atoms in total. The second-order valence-corrected chi connectivity index (χ2v) is 5.80. The van der Waals surface area contributed by atoms with E-state index in [1.54, 1.807) is 6.20 Å². The van der Waals surface area contributed by atoms with Gasteiger partial charge in [0.05, 0.1) is 17.4 Å². The SMILES string of the molecule is N[C@@H](C(=O)Nc1cccc2c(-c3cn[nH]c3)c[nH]c12)c1ccccc1. The third-order valence-corrected chi connectivity index (χ3v) is 4.22. The van der Waals surface area contributed by atoms with E-state index in [0.717, 1.165) is 27.6 Å². The molecule has 2 aromatic heterocycles. The largest absolute Gasteiger partial charge is 0.359 e. The molecule has 4 rings (SSSR count). The molecule has 2 aromatic carbocycles. The van der Waals surface area contributed by atoms with Crippen LogP contribution in [0.1, 0.15) is 11.6 Å². The number of hydrogen-bond donors (Lipinski definition) is 4. The van der Waals surface area contributed by atoms with Gasteiger partial charge in [0.2, 0.25) is 5.91 Å². The Morgan fingerprint density at radius 3 is 2.68 bits per heavy atom. The van der Waals surface area contributed by atoms with Crippen molar-refractivity contribution < 1.29 is 4.79 Å². The topological polar surface area (TPSA) is 99.6 Å². The molecular formula is C19H17N5O. The second kappa shape index (κ2) is 6.26. The van der Waals surface area contributed by atoms with E-state index >= 15 is 0 Å². The van der Waals surface area contributed by atoms with E-state index in [4.69, 9.17) is 5.73 Å². The number of carbonyl (C=O) groups is 1. The van der Waals surface area contributed by atoms with Crippen LogP contribution in [0.5, 0.6) is 0 Å². The van der Waals surface area contributed by atoms with Crippen molar-refractivity contribution in [1.82, 2.24) is 15.2 Å². The minimum atomic E-state index is -0.722. The van der Waals surface area contributed by atoms with Crippen LogP contribution in [-0.2, 0) is 4.79 Å². The fourth-order valence-electron chi connectivity index (χ4n) is 2.92. The van der Waals surface area contributed by atoms with Crippen molar-refractivity contribution >= 4 is 22.5 Å². The van der Waals surface area contributed by atoms with Crippen molar-refractivity contribution in [2.75, 3.05) is 5.32 Å². The zero-order chi connectivity index (χ0) is 17.2. The fraction of sp³-hybridized carbons (Fsp3) is 0.0526. The predicted molar refractivity (Wildman–Crippen MR) is 97.9 cm³/mol. The first-order chi connectivity index (χ1) is 12.2. The van der Waals surface area contributed by atoms with Gasteiger partial charge in [-0.05, 0) is 11.6 Å². The number of fused-ring (bicyclic) bond motifs is 1. The van der Waals surface area contributed by atoms with Gasteiger partial charge in [0.1, 0.15) is 6.04 Å². The Morgan fingerprint density at radius 2 is 1.92 bits per heavy atom. The Hall–Kier alpha value is -3.38. The number of nitrogens with two attached hydrogens (primary N) is 1. The number of rotatable bonds is 4. The Kier molecular flexibility index (Phi) is 3.80. The van der Waals surface area contributed by atoms with Crippen LogP contribution in [0.15, 0.2) is 67.1 Å². The molecule has 0 saturated carbocycles. The maximum Gasteiger partial charge on any atom is 0.245 e. The Morgan fingerprint density at radius 1 is 1.08 bits per heavy atom. The number of aromatic nitrogens is 3. The molecule has 25 heavy (non-hydrogen) atoms. The van der Waals surface area contributed by atoms with E-state index < -0.39 is 6.04 Å². The summed E-state index contributed by atoms with van der Waals surface area (Å²) in [5, 5.41) is 10.7. The van der Waals surface area contributed by atoms with Gasteiger partial charge in [-0.1, -0.05) is 42.5 Å². The number of nitrogens with one attached hydrogen (secondary N) is 3. The normalized spacial score (nSPS) is 12.2. The van der Waals surface area contributed by atoms with Gasteiger partial charge < -0.3 is 16.0 Å². The maximum absolute atomic E-state index is 12.5. The minimum Gasteiger partial charge on any atom is -0.359 e. The highest BCUT2D eigenvalue weighted by atomic mass is 16.2. The molecule has 1 amide bonds. The summed E-state index contributed by atoms with van der Waals surface area (Å²) in [7, 11) is 0. The summed E-state index contributed by atoms with van der Waals surface area (Å²) in [6.07, 6.45) is 5.50. The number of anilines is 1. The number of hydrogen-bond acceptors (Lipinski definition) is 3. The van der Waals surface area contributed by atoms with Crippen molar-refractivity contribution in [2.45, 2.75) is 6.04 Å². The van der Waals surface area contributed by atoms with Crippen LogP contribution < -0.4 is 11.1 Å². The number of carbonyl (C=O) groups excluding carboxylic acids is 1. The van der Waals surface area contributed by atoms with E-state index in [9.17, 15) is 4.79 Å². The van der Waals surface area contributed by atoms with Crippen LogP contribution in [0.25, 0.3) is 22.0 Å². The first kappa shape index (κ1) is 15.2. The monoisotopic (exact) mass is 331 g/mol. The van der Waals surface area contributed by atoms with E-state index in [1.807, 2.05) is 60.9 Å². The Bertz CT molecular complexity index is 1000. The van der Waals surface area contributed by atoms with Gasteiger partial charge in [-0.15, -0.1) is 0 Å². The Labute approximate surface area is 144 Å². The molecule has 6 heteroatoms. The molecule has 5 N–H and O–H groups in total. The summed E-state index contributed by atoms with van der Waals surface area (Å²) in [6, 6.07) is 14.4. The fourth-order valence-corrected chi connectivity index (χ4v) is 2.92. The van der Waals surface area contributed by atoms with Crippen LogP contribution in [-0.4, -0.2) is 21.1 Å². The van der Waals surface area contributed by atoms with E-state index in [2.05, 4.69) is 20.5 Å². The summed E-state index contributed by atoms with van der Waals surface area (Å²) < 4.78 is 0. The molecule has 0 radical (unpaired) electrons. The molecule has 0 saturated heterocycles. The van der Waals surface area contributed by atoms with E-state index in [-0.39, 0.29) is 5.91 Å². The lowest BCUT2D eigenvalue weighted by Gasteiger charge is -2.13. The average Bonchev–Trinajstić information content (AvgIpc) is 3.31. The molecule has 0 fully saturated rings. The van der Waals surface area contributed by atoms with Gasteiger partial charge in [-0.2, -0.15) is 5.10 Å². The van der Waals surface area contributed by atoms with Gasteiger partial charge in [-0.3, -0.25) is 9.89 Å². The molecule has 1 atom stereocenters. The number of amides is 1. The van der Waals surface area contributed by atoms with Crippen LogP contribution in [0.2, 0.25) is 0 Å². The van der Waals surface area contributed by atoms with Crippen molar-refractivity contribution in [3.05, 3.63) is 72.7 Å². The summed E-state index contributed by atoms with van der Waals surface area (Å²) >= 11 is 0. The van der Waals surface area contributed by atoms with Crippen LogP contribution in [0.3, 0.4) is 0 Å². The lowest BCUT2D eigenvalue weighted by atomic mass is 10.1. The third kappa shape index (κ3) is 2.79. The summed E-state index contributed by atoms with van der Waals surface area (Å²) in [5.74, 6) is -0.252. The van der Waals surface area contributed by atoms with E-state index in [0.29, 0.717) is 5.69 Å². The quantitative estimate of drug-likeness (QED) is 0.462. The molecule has 0 unspecified atom stereocenters. The number of benzene rings is 2. The summed E-state index contributed by atoms with van der Waals surface area (Å²) in [5.41, 5.74) is 10.4. The number of nitrogens with zero attached hydrogens (tertiary/aromatic N) is 1. The molecular weight excluding hydrogens is 314 g/mol. The molecule has 0 bridgehead atoms. The Balaban J connectivity index is 1.65. The van der Waals surface area contributed by atoms with Crippen molar-refractivity contribution in [3.63, 3.8) is 0 Å². The molecule has 124 valence electrons. The summed E-state index contributed by atoms with van der Waals surface area (Å²) in [6.45, 7) is 0. The maximum atomic E-state index is 12.5. The molecule has 0 aliphatic rings. The molecule has 0 spiro atoms. The lowest BCUT2D eigenvalue weighted by Crippen LogP contribution is -2.27. The van der Waals surface area contributed by atoms with Crippen molar-refractivity contribution in [3.8, 4) is 11.1 Å². The van der Waals surface area contributed by atoms with Gasteiger partial charge in [0.25, 0.3) is 0 Å². The van der Waals surface area contributed by atoms with Gasteiger partial charge in [-0.25, -0.2) is 0 Å². The number of aromatic amines is 2. The minimum absolute atomic E-state index is 0.252. The van der Waals surface area contributed by atoms with Gasteiger partial charge >= 0.3 is 0 Å². The standard InChI is InChI=1S/C19H17N5O/c20-17(12-5-2-1-3-6-12)19(25)24-16-8-4-7-14-15(11-21-18(14)16)13-9-22-23-10-13/h1-11,17,21H,20H2,(H,22,23)(H,24,25)/t17-/m1/s1. The highest BCUT2D eigenvalue weighted by Crippen LogP contribution is 2.32. The first-order valence-corrected chi connectivity index (χ1v) is 7.94. The van der Waals surface area contributed by atoms with E-state index in [1.165, 1.54) is 0 Å². The van der Waals surface area contributed by atoms with Gasteiger partial charge in [0, 0.05) is 28.9 Å². The predicted octanol–water partition coefficient (Wildman–Crippen LogP) is 3.20. The molecule has 2 heterocycles. The zero-order valence-electron chi connectivity index (χ0n) is 13.4. The first-order valence-electron chi connectivity index (χ1n) is 7.94. The number of para-hydroxylation sites is 1. The third-order valence-electron chi connectivity index (χ3n) is 4.22. The second-order valence-electron chi connectivity index (χ2n) is 5.80. The smallest absolute Gasteiger partial charge is 0.245 e. The average molecular weight is 331 g/mol. The summed E-state index contributed by atoms with van der Waals surface area (Å²) in [4.78, 5) is 15.8. The number of H-pyrrole nitrogens is 2. The zero-order valence-corrected chi connectivity index (χ0v) is 13.4. The molecule has 0 aliphatic carbocycles. The van der Waals surface area contributed by atoms with Crippen molar-refractivity contribution in [1.29, 1.82) is 0 Å². The van der Waals surface area contributed by atoms with Gasteiger partial charge in [0.15, 0.2) is 0 Å². The molecule has 0 aliphatic heterocycles.